The molecule has 0 saturated carbocycles. The molecule has 2 heterocycles. The van der Waals surface area contributed by atoms with Crippen molar-refractivity contribution in [2.75, 3.05) is 10.7 Å². The van der Waals surface area contributed by atoms with Crippen LogP contribution in [0.3, 0.4) is 0 Å². The first-order chi connectivity index (χ1) is 16.3. The molecule has 2 amide bonds. The molecule has 8 nitrogen and oxygen atoms in total. The van der Waals surface area contributed by atoms with E-state index in [-0.39, 0.29) is 19.3 Å². The number of halogens is 1. The summed E-state index contributed by atoms with van der Waals surface area (Å²) in [7, 11) is 0. The Morgan fingerprint density at radius 3 is 2.62 bits per heavy atom. The van der Waals surface area contributed by atoms with Crippen LogP contribution >= 0.6 is 11.6 Å². The first-order valence-electron chi connectivity index (χ1n) is 10.9. The van der Waals surface area contributed by atoms with Crippen LogP contribution in [-0.4, -0.2) is 33.7 Å². The highest BCUT2D eigenvalue weighted by atomic mass is 35.5. The number of carboxylic acids is 1. The Morgan fingerprint density at radius 2 is 1.91 bits per heavy atom. The van der Waals surface area contributed by atoms with Gasteiger partial charge in [0.15, 0.2) is 6.10 Å². The SMILES string of the molecule is CCc1ccc(-c2ccc(CCC(=O)O)n2NC(=O)C[C@@H]2Oc3ccc(Cl)cc3NC2=O)cc1. The largest absolute Gasteiger partial charge is 0.481 e. The molecule has 4 rings (SSSR count). The van der Waals surface area contributed by atoms with Crippen LogP contribution in [-0.2, 0) is 27.2 Å². The fourth-order valence-electron chi connectivity index (χ4n) is 3.77. The molecule has 3 N–H and O–H groups in total. The molecule has 1 atom stereocenters. The zero-order chi connectivity index (χ0) is 24.2. The fourth-order valence-corrected chi connectivity index (χ4v) is 3.95. The summed E-state index contributed by atoms with van der Waals surface area (Å²) in [4.78, 5) is 36.5. The number of fused-ring (bicyclic) bond motifs is 1. The Bertz CT molecular complexity index is 1240. The molecule has 9 heteroatoms. The highest BCUT2D eigenvalue weighted by molar-refractivity contribution is 6.31. The third-order valence-corrected chi connectivity index (χ3v) is 5.82. The number of anilines is 1. The zero-order valence-corrected chi connectivity index (χ0v) is 19.3. The summed E-state index contributed by atoms with van der Waals surface area (Å²) in [6.07, 6.45) is -0.183. The van der Waals surface area contributed by atoms with Gasteiger partial charge >= 0.3 is 5.97 Å². The van der Waals surface area contributed by atoms with Crippen LogP contribution in [0.5, 0.6) is 5.75 Å². The topological polar surface area (TPSA) is 110 Å². The lowest BCUT2D eigenvalue weighted by Crippen LogP contribution is -2.40. The van der Waals surface area contributed by atoms with E-state index in [1.807, 2.05) is 30.3 Å². The second-order valence-electron chi connectivity index (χ2n) is 7.96. The van der Waals surface area contributed by atoms with Gasteiger partial charge in [0.05, 0.1) is 24.2 Å². The van der Waals surface area contributed by atoms with Gasteiger partial charge in [-0.3, -0.25) is 24.5 Å². The maximum atomic E-state index is 12.9. The molecule has 0 unspecified atom stereocenters. The molecule has 1 aliphatic heterocycles. The minimum absolute atomic E-state index is 0.0818. The summed E-state index contributed by atoms with van der Waals surface area (Å²) in [6.45, 7) is 2.07. The Labute approximate surface area is 201 Å². The number of rotatable bonds is 8. The van der Waals surface area contributed by atoms with E-state index in [2.05, 4.69) is 17.7 Å². The molecule has 0 saturated heterocycles. The Hall–Kier alpha value is -3.78. The number of benzene rings is 2. The second kappa shape index (κ2) is 10.0. The van der Waals surface area contributed by atoms with Crippen molar-refractivity contribution in [3.8, 4) is 17.0 Å². The number of hydrogen-bond donors (Lipinski definition) is 3. The third-order valence-electron chi connectivity index (χ3n) is 5.58. The first kappa shape index (κ1) is 23.4. The van der Waals surface area contributed by atoms with Gasteiger partial charge in [-0.2, -0.15) is 0 Å². The number of amides is 2. The fraction of sp³-hybridized carbons (Fsp3) is 0.240. The number of aromatic nitrogens is 1. The highest BCUT2D eigenvalue weighted by Gasteiger charge is 2.30. The van der Waals surface area contributed by atoms with Crippen LogP contribution in [0, 0.1) is 0 Å². The van der Waals surface area contributed by atoms with Crippen molar-refractivity contribution in [2.24, 2.45) is 0 Å². The van der Waals surface area contributed by atoms with Crippen molar-refractivity contribution < 1.29 is 24.2 Å². The highest BCUT2D eigenvalue weighted by Crippen LogP contribution is 2.32. The molecule has 0 bridgehead atoms. The van der Waals surface area contributed by atoms with Gasteiger partial charge < -0.3 is 15.2 Å². The van der Waals surface area contributed by atoms with Crippen LogP contribution in [0.25, 0.3) is 11.3 Å². The van der Waals surface area contributed by atoms with Crippen LogP contribution in [0.2, 0.25) is 5.02 Å². The van der Waals surface area contributed by atoms with E-state index in [1.165, 1.54) is 5.56 Å². The lowest BCUT2D eigenvalue weighted by molar-refractivity contribution is -0.137. The van der Waals surface area contributed by atoms with E-state index in [1.54, 1.807) is 28.9 Å². The van der Waals surface area contributed by atoms with E-state index in [0.29, 0.717) is 27.8 Å². The van der Waals surface area contributed by atoms with E-state index >= 15 is 0 Å². The quantitative estimate of drug-likeness (QED) is 0.445. The molecule has 0 spiro atoms. The van der Waals surface area contributed by atoms with Crippen LogP contribution < -0.4 is 15.5 Å². The Morgan fingerprint density at radius 1 is 1.15 bits per heavy atom. The van der Waals surface area contributed by atoms with E-state index in [0.717, 1.165) is 12.0 Å². The van der Waals surface area contributed by atoms with Gasteiger partial charge in [0.1, 0.15) is 5.75 Å². The molecule has 0 aliphatic carbocycles. The minimum atomic E-state index is -1.01. The predicted molar refractivity (Wildman–Crippen MR) is 129 cm³/mol. The van der Waals surface area contributed by atoms with Crippen LogP contribution in [0.4, 0.5) is 5.69 Å². The van der Waals surface area contributed by atoms with Gasteiger partial charge in [0.25, 0.3) is 5.91 Å². The van der Waals surface area contributed by atoms with Gasteiger partial charge in [-0.05, 0) is 42.3 Å². The number of carboxylic acid groups (broad SMARTS) is 1. The van der Waals surface area contributed by atoms with Crippen molar-refractivity contribution in [1.29, 1.82) is 0 Å². The van der Waals surface area contributed by atoms with Gasteiger partial charge in [0.2, 0.25) is 5.91 Å². The van der Waals surface area contributed by atoms with E-state index in [9.17, 15) is 14.4 Å². The number of nitrogens with zero attached hydrogens (tertiary/aromatic N) is 1. The number of nitrogens with one attached hydrogen (secondary N) is 2. The zero-order valence-electron chi connectivity index (χ0n) is 18.5. The van der Waals surface area contributed by atoms with Gasteiger partial charge in [-0.1, -0.05) is 42.8 Å². The number of ether oxygens (including phenoxy) is 1. The molecular weight excluding hydrogens is 458 g/mol. The maximum absolute atomic E-state index is 12.9. The summed E-state index contributed by atoms with van der Waals surface area (Å²) in [5.41, 5.74) is 6.67. The second-order valence-corrected chi connectivity index (χ2v) is 8.40. The number of carbonyl (C=O) groups is 3. The van der Waals surface area contributed by atoms with Crippen LogP contribution in [0.1, 0.15) is 31.0 Å². The van der Waals surface area contributed by atoms with Crippen molar-refractivity contribution in [3.63, 3.8) is 0 Å². The summed E-state index contributed by atoms with van der Waals surface area (Å²) >= 11 is 5.96. The number of carbonyl (C=O) groups excluding carboxylic acids is 2. The maximum Gasteiger partial charge on any atom is 0.303 e. The lowest BCUT2D eigenvalue weighted by atomic mass is 10.1. The Balaban J connectivity index is 1.54. The van der Waals surface area contributed by atoms with Gasteiger partial charge in [-0.15, -0.1) is 0 Å². The van der Waals surface area contributed by atoms with E-state index in [4.69, 9.17) is 21.4 Å². The molecule has 1 aliphatic rings. The van der Waals surface area contributed by atoms with Crippen LogP contribution in [0.15, 0.2) is 54.6 Å². The number of aliphatic carboxylic acids is 1. The van der Waals surface area contributed by atoms with Crippen molar-refractivity contribution in [2.45, 2.75) is 38.7 Å². The average molecular weight is 482 g/mol. The molecule has 2 aromatic carbocycles. The lowest BCUT2D eigenvalue weighted by Gasteiger charge is -2.26. The molecule has 0 fully saturated rings. The molecule has 3 aromatic rings. The molecule has 34 heavy (non-hydrogen) atoms. The first-order valence-corrected chi connectivity index (χ1v) is 11.3. The summed E-state index contributed by atoms with van der Waals surface area (Å²) < 4.78 is 7.30. The standard InChI is InChI=1S/C25H24ClN3O5/c1-2-15-3-5-16(6-4-15)20-10-8-18(9-12-24(31)32)29(20)28-23(30)14-22-25(33)27-19-13-17(26)7-11-21(19)34-22/h3-8,10-11,13,22H,2,9,12,14H2,1H3,(H,27,33)(H,28,30)(H,31,32)/t22-/m0/s1. The molecule has 176 valence electrons. The van der Waals surface area contributed by atoms with Crippen molar-refractivity contribution in [1.82, 2.24) is 4.68 Å². The smallest absolute Gasteiger partial charge is 0.303 e. The summed E-state index contributed by atoms with van der Waals surface area (Å²) in [6, 6.07) is 16.4. The van der Waals surface area contributed by atoms with E-state index < -0.39 is 23.9 Å². The average Bonchev–Trinajstić information content (AvgIpc) is 3.20. The van der Waals surface area contributed by atoms with Crippen molar-refractivity contribution in [3.05, 3.63) is 70.9 Å². The van der Waals surface area contributed by atoms with Crippen molar-refractivity contribution >= 4 is 35.1 Å². The summed E-state index contributed by atoms with van der Waals surface area (Å²) in [5, 5.41) is 12.3. The predicted octanol–water partition coefficient (Wildman–Crippen LogP) is 4.25. The Kier molecular flexibility index (Phi) is 6.88. The van der Waals surface area contributed by atoms with Gasteiger partial charge in [-0.25, -0.2) is 0 Å². The van der Waals surface area contributed by atoms with Gasteiger partial charge in [0, 0.05) is 22.7 Å². The molecule has 0 radical (unpaired) electrons. The molecular formula is C25H24ClN3O5. The number of hydrogen-bond acceptors (Lipinski definition) is 4. The molecule has 1 aromatic heterocycles. The minimum Gasteiger partial charge on any atom is -0.481 e. The third kappa shape index (κ3) is 5.23. The summed E-state index contributed by atoms with van der Waals surface area (Å²) in [5.74, 6) is -1.39. The number of aryl methyl sites for hydroxylation is 2. The normalized spacial score (nSPS) is 14.6. The monoisotopic (exact) mass is 481 g/mol.